The van der Waals surface area contributed by atoms with E-state index < -0.39 is 0 Å². The molecule has 0 heterocycles. The van der Waals surface area contributed by atoms with Crippen molar-refractivity contribution in [2.45, 2.75) is 20.3 Å². The van der Waals surface area contributed by atoms with Gasteiger partial charge in [-0.1, -0.05) is 84.9 Å². The van der Waals surface area contributed by atoms with E-state index in [0.29, 0.717) is 0 Å². The van der Waals surface area contributed by atoms with Gasteiger partial charge in [0.25, 0.3) is 0 Å². The van der Waals surface area contributed by atoms with Crippen molar-refractivity contribution in [1.82, 2.24) is 0 Å². The van der Waals surface area contributed by atoms with E-state index in [1.54, 1.807) is 0 Å². The first kappa shape index (κ1) is 22.9. The van der Waals surface area contributed by atoms with Gasteiger partial charge in [-0.25, -0.2) is 0 Å². The van der Waals surface area contributed by atoms with E-state index >= 15 is 0 Å². The number of nitrogens with zero attached hydrogens (tertiary/aromatic N) is 1. The monoisotopic (exact) mass is 478 g/mol. The summed E-state index contributed by atoms with van der Waals surface area (Å²) in [5.74, 6) is 0. The Morgan fingerprint density at radius 3 is 2.00 bits per heavy atom. The van der Waals surface area contributed by atoms with Crippen LogP contribution in [0, 0.1) is 13.8 Å². The van der Waals surface area contributed by atoms with Gasteiger partial charge in [0.2, 0.25) is 0 Å². The fourth-order valence-corrected chi connectivity index (χ4v) is 5.19. The van der Waals surface area contributed by atoms with Gasteiger partial charge in [-0.3, -0.25) is 0 Å². The van der Waals surface area contributed by atoms with Crippen molar-refractivity contribution in [2.75, 3.05) is 10.2 Å². The summed E-state index contributed by atoms with van der Waals surface area (Å²) in [5.41, 5.74) is 13.5. The Bertz CT molecular complexity index is 1560. The van der Waals surface area contributed by atoms with E-state index in [2.05, 4.69) is 151 Å². The summed E-state index contributed by atoms with van der Waals surface area (Å²) in [7, 11) is 0. The first-order chi connectivity index (χ1) is 18.2. The van der Waals surface area contributed by atoms with Crippen LogP contribution in [0.15, 0.2) is 121 Å². The van der Waals surface area contributed by atoms with Crippen LogP contribution in [0.4, 0.5) is 28.4 Å². The third-order valence-corrected chi connectivity index (χ3v) is 7.13. The summed E-state index contributed by atoms with van der Waals surface area (Å²) in [6.07, 6.45) is 3.31. The highest BCUT2D eigenvalue weighted by atomic mass is 15.1. The van der Waals surface area contributed by atoms with Crippen molar-refractivity contribution in [3.63, 3.8) is 0 Å². The first-order valence-corrected chi connectivity index (χ1v) is 12.8. The van der Waals surface area contributed by atoms with Gasteiger partial charge in [0.05, 0.1) is 0 Å². The van der Waals surface area contributed by atoms with Gasteiger partial charge in [0.1, 0.15) is 0 Å². The molecule has 0 amide bonds. The van der Waals surface area contributed by atoms with Crippen molar-refractivity contribution >= 4 is 40.1 Å². The fourth-order valence-electron chi connectivity index (χ4n) is 5.19. The smallest absolute Gasteiger partial charge is 0.0482 e. The second-order valence-electron chi connectivity index (χ2n) is 9.71. The standard InChI is InChI=1S/C35H30N2/c1-25-10-8-11-26(2)35(25)36-31-14-9-17-34(24-31)37(32-15-4-3-5-16-32)33-20-18-27(19-21-33)30-22-28-12-6-7-13-29(28)23-30/h3-22,24,36H,23H2,1-2H3. The van der Waals surface area contributed by atoms with Crippen LogP contribution in [-0.2, 0) is 6.42 Å². The van der Waals surface area contributed by atoms with Crippen LogP contribution in [0.2, 0.25) is 0 Å². The van der Waals surface area contributed by atoms with E-state index in [9.17, 15) is 0 Å². The van der Waals surface area contributed by atoms with Crippen molar-refractivity contribution in [2.24, 2.45) is 0 Å². The SMILES string of the molecule is Cc1cccc(C)c1Nc1cccc(N(c2ccccc2)c2ccc(C3=Cc4ccccc4C3)cc2)c1. The number of benzene rings is 5. The van der Waals surface area contributed by atoms with Gasteiger partial charge < -0.3 is 10.2 Å². The van der Waals surface area contributed by atoms with Crippen LogP contribution in [0.3, 0.4) is 0 Å². The molecule has 0 aliphatic heterocycles. The fraction of sp³-hybridized carbons (Fsp3) is 0.0857. The molecular formula is C35H30N2. The van der Waals surface area contributed by atoms with E-state index in [0.717, 1.165) is 29.2 Å². The molecule has 0 saturated heterocycles. The average molecular weight is 479 g/mol. The summed E-state index contributed by atoms with van der Waals surface area (Å²) in [6.45, 7) is 4.30. The highest BCUT2D eigenvalue weighted by Gasteiger charge is 2.16. The van der Waals surface area contributed by atoms with Gasteiger partial charge >= 0.3 is 0 Å². The Morgan fingerprint density at radius 2 is 1.24 bits per heavy atom. The molecule has 0 radical (unpaired) electrons. The molecule has 37 heavy (non-hydrogen) atoms. The van der Waals surface area contributed by atoms with Gasteiger partial charge in [0.15, 0.2) is 0 Å². The zero-order valence-corrected chi connectivity index (χ0v) is 21.3. The topological polar surface area (TPSA) is 15.3 Å². The third-order valence-electron chi connectivity index (χ3n) is 7.13. The number of fused-ring (bicyclic) bond motifs is 1. The minimum absolute atomic E-state index is 0.990. The first-order valence-electron chi connectivity index (χ1n) is 12.8. The minimum Gasteiger partial charge on any atom is -0.355 e. The molecule has 5 aromatic rings. The Morgan fingerprint density at radius 1 is 0.595 bits per heavy atom. The molecule has 0 fully saturated rings. The second-order valence-corrected chi connectivity index (χ2v) is 9.71. The highest BCUT2D eigenvalue weighted by molar-refractivity contribution is 5.89. The Balaban J connectivity index is 1.34. The summed E-state index contributed by atoms with van der Waals surface area (Å²) >= 11 is 0. The van der Waals surface area contributed by atoms with Crippen LogP contribution >= 0.6 is 0 Å². The van der Waals surface area contributed by atoms with Gasteiger partial charge in [-0.15, -0.1) is 0 Å². The summed E-state index contributed by atoms with van der Waals surface area (Å²) in [6, 6.07) is 43.3. The predicted molar refractivity (Wildman–Crippen MR) is 158 cm³/mol. The number of hydrogen-bond donors (Lipinski definition) is 1. The van der Waals surface area contributed by atoms with Crippen molar-refractivity contribution in [1.29, 1.82) is 0 Å². The number of nitrogens with one attached hydrogen (secondary N) is 1. The van der Waals surface area contributed by atoms with Gasteiger partial charge in [0, 0.05) is 28.4 Å². The normalized spacial score (nSPS) is 12.1. The molecule has 0 saturated carbocycles. The molecular weight excluding hydrogens is 448 g/mol. The number of hydrogen-bond acceptors (Lipinski definition) is 2. The molecule has 0 spiro atoms. The lowest BCUT2D eigenvalue weighted by Gasteiger charge is -2.26. The highest BCUT2D eigenvalue weighted by Crippen LogP contribution is 2.38. The molecule has 180 valence electrons. The molecule has 0 aromatic heterocycles. The molecule has 1 N–H and O–H groups in total. The molecule has 5 aromatic carbocycles. The zero-order valence-electron chi connectivity index (χ0n) is 21.3. The van der Waals surface area contributed by atoms with E-state index in [4.69, 9.17) is 0 Å². The Kier molecular flexibility index (Phi) is 6.08. The molecule has 2 nitrogen and oxygen atoms in total. The van der Waals surface area contributed by atoms with Gasteiger partial charge in [-0.05, 0) is 96.1 Å². The van der Waals surface area contributed by atoms with Crippen LogP contribution < -0.4 is 10.2 Å². The molecule has 2 heteroatoms. The maximum Gasteiger partial charge on any atom is 0.0482 e. The number of aryl methyl sites for hydroxylation is 2. The Hall–Kier alpha value is -4.56. The van der Waals surface area contributed by atoms with Gasteiger partial charge in [-0.2, -0.15) is 0 Å². The summed E-state index contributed by atoms with van der Waals surface area (Å²) < 4.78 is 0. The number of allylic oxidation sites excluding steroid dienone is 1. The van der Waals surface area contributed by atoms with Crippen molar-refractivity contribution in [3.8, 4) is 0 Å². The maximum absolute atomic E-state index is 3.66. The van der Waals surface area contributed by atoms with Crippen molar-refractivity contribution < 1.29 is 0 Å². The van der Waals surface area contributed by atoms with Crippen LogP contribution in [0.1, 0.15) is 27.8 Å². The van der Waals surface area contributed by atoms with E-state index in [1.165, 1.54) is 39.1 Å². The van der Waals surface area contributed by atoms with E-state index in [-0.39, 0.29) is 0 Å². The van der Waals surface area contributed by atoms with Crippen LogP contribution in [-0.4, -0.2) is 0 Å². The zero-order chi connectivity index (χ0) is 25.2. The number of rotatable bonds is 6. The third kappa shape index (κ3) is 4.66. The Labute approximate surface area is 219 Å². The number of para-hydroxylation sites is 2. The number of anilines is 5. The summed E-state index contributed by atoms with van der Waals surface area (Å²) in [5, 5.41) is 3.66. The van der Waals surface area contributed by atoms with E-state index in [1.807, 2.05) is 0 Å². The molecule has 0 atom stereocenters. The average Bonchev–Trinajstić information content (AvgIpc) is 3.37. The minimum atomic E-state index is 0.990. The lowest BCUT2D eigenvalue weighted by atomic mass is 10.0. The largest absolute Gasteiger partial charge is 0.355 e. The second kappa shape index (κ2) is 9.83. The molecule has 0 unspecified atom stereocenters. The predicted octanol–water partition coefficient (Wildman–Crippen LogP) is 9.61. The van der Waals surface area contributed by atoms with Crippen molar-refractivity contribution in [3.05, 3.63) is 149 Å². The van der Waals surface area contributed by atoms with Crippen LogP contribution in [0.25, 0.3) is 11.6 Å². The lowest BCUT2D eigenvalue weighted by Crippen LogP contribution is -2.10. The molecule has 0 bridgehead atoms. The summed E-state index contributed by atoms with van der Waals surface area (Å²) in [4.78, 5) is 2.32. The molecule has 1 aliphatic carbocycles. The van der Waals surface area contributed by atoms with Crippen LogP contribution in [0.5, 0.6) is 0 Å². The molecule has 6 rings (SSSR count). The maximum atomic E-state index is 3.66. The quantitative estimate of drug-likeness (QED) is 0.261. The lowest BCUT2D eigenvalue weighted by molar-refractivity contribution is 1.27. The molecule has 1 aliphatic rings.